The molecule has 0 amide bonds. The van der Waals surface area contributed by atoms with Crippen molar-refractivity contribution in [1.29, 1.82) is 0 Å². The molecule has 5 rings (SSSR count). The second-order valence-corrected chi connectivity index (χ2v) is 6.83. The number of imidazole rings is 1. The minimum absolute atomic E-state index is 0.774. The zero-order valence-electron chi connectivity index (χ0n) is 14.7. The van der Waals surface area contributed by atoms with Gasteiger partial charge in [0.2, 0.25) is 0 Å². The van der Waals surface area contributed by atoms with Crippen LogP contribution >= 0.6 is 0 Å². The van der Waals surface area contributed by atoms with Crippen molar-refractivity contribution in [2.45, 2.75) is 19.8 Å². The first-order valence-electron chi connectivity index (χ1n) is 8.96. The number of fused-ring (bicyclic) bond motifs is 2. The first kappa shape index (κ1) is 15.1. The van der Waals surface area contributed by atoms with Crippen molar-refractivity contribution < 1.29 is 0 Å². The minimum atomic E-state index is 0.774. The molecule has 0 N–H and O–H groups in total. The van der Waals surface area contributed by atoms with Crippen LogP contribution in [0.5, 0.6) is 0 Å². The number of aryl methyl sites for hydroxylation is 1. The first-order valence-corrected chi connectivity index (χ1v) is 8.96. The molecule has 2 aromatic carbocycles. The number of hydrogen-bond acceptors (Lipinski definition) is 2. The van der Waals surface area contributed by atoms with E-state index in [-0.39, 0.29) is 0 Å². The molecule has 3 heteroatoms. The summed E-state index contributed by atoms with van der Waals surface area (Å²) in [6, 6.07) is 13.1. The van der Waals surface area contributed by atoms with Gasteiger partial charge in [0.1, 0.15) is 0 Å². The van der Waals surface area contributed by atoms with Crippen LogP contribution < -0.4 is 0 Å². The molecule has 4 aromatic rings. The predicted molar refractivity (Wildman–Crippen MR) is 106 cm³/mol. The monoisotopic (exact) mass is 337 g/mol. The highest BCUT2D eigenvalue weighted by Crippen LogP contribution is 2.26. The van der Waals surface area contributed by atoms with Gasteiger partial charge in [-0.1, -0.05) is 60.2 Å². The minimum Gasteiger partial charge on any atom is -0.297 e. The van der Waals surface area contributed by atoms with Gasteiger partial charge in [-0.25, -0.2) is 4.98 Å². The SMILES string of the molecule is Cc1ccc2cccc(Cc3nccn4c(C5=CCC=C5)cnc34)c2c1. The molecule has 126 valence electrons. The van der Waals surface area contributed by atoms with Crippen molar-refractivity contribution in [1.82, 2.24) is 14.4 Å². The third kappa shape index (κ3) is 2.44. The number of benzene rings is 2. The van der Waals surface area contributed by atoms with Crippen molar-refractivity contribution in [2.24, 2.45) is 0 Å². The zero-order chi connectivity index (χ0) is 17.5. The zero-order valence-corrected chi connectivity index (χ0v) is 14.7. The van der Waals surface area contributed by atoms with Crippen molar-refractivity contribution in [3.05, 3.63) is 95.7 Å². The highest BCUT2D eigenvalue weighted by molar-refractivity contribution is 5.86. The van der Waals surface area contributed by atoms with Crippen molar-refractivity contribution >= 4 is 22.0 Å². The Morgan fingerprint density at radius 2 is 2.08 bits per heavy atom. The summed E-state index contributed by atoms with van der Waals surface area (Å²) >= 11 is 0. The largest absolute Gasteiger partial charge is 0.297 e. The molecule has 0 spiro atoms. The normalized spacial score (nSPS) is 13.7. The van der Waals surface area contributed by atoms with Gasteiger partial charge in [-0.3, -0.25) is 9.38 Å². The van der Waals surface area contributed by atoms with E-state index in [4.69, 9.17) is 0 Å². The molecule has 0 bridgehead atoms. The molecule has 2 heterocycles. The summed E-state index contributed by atoms with van der Waals surface area (Å²) in [4.78, 5) is 9.33. The second kappa shape index (κ2) is 5.95. The van der Waals surface area contributed by atoms with Gasteiger partial charge < -0.3 is 0 Å². The maximum Gasteiger partial charge on any atom is 0.159 e. The number of nitrogens with zero attached hydrogens (tertiary/aromatic N) is 3. The van der Waals surface area contributed by atoms with Gasteiger partial charge >= 0.3 is 0 Å². The highest BCUT2D eigenvalue weighted by Gasteiger charge is 2.13. The Morgan fingerprint density at radius 1 is 1.12 bits per heavy atom. The molecular weight excluding hydrogens is 318 g/mol. The molecule has 0 fully saturated rings. The summed E-state index contributed by atoms with van der Waals surface area (Å²) in [6.07, 6.45) is 14.2. The Balaban J connectivity index is 1.63. The van der Waals surface area contributed by atoms with E-state index >= 15 is 0 Å². The molecule has 3 nitrogen and oxygen atoms in total. The van der Waals surface area contributed by atoms with Crippen molar-refractivity contribution in [2.75, 3.05) is 0 Å². The summed E-state index contributed by atoms with van der Waals surface area (Å²) < 4.78 is 2.15. The van der Waals surface area contributed by atoms with E-state index in [1.165, 1.54) is 27.5 Å². The Morgan fingerprint density at radius 3 is 2.96 bits per heavy atom. The van der Waals surface area contributed by atoms with E-state index in [2.05, 4.69) is 75.9 Å². The van der Waals surface area contributed by atoms with Gasteiger partial charge in [0.05, 0.1) is 17.6 Å². The molecule has 0 saturated heterocycles. The first-order chi connectivity index (χ1) is 12.8. The average Bonchev–Trinajstić information content (AvgIpc) is 3.32. The average molecular weight is 337 g/mol. The molecular formula is C23H19N3. The van der Waals surface area contributed by atoms with Crippen LogP contribution in [0.4, 0.5) is 0 Å². The molecule has 0 atom stereocenters. The number of aromatic nitrogens is 3. The standard InChI is InChI=1S/C23H19N3/c1-16-9-10-17-7-4-8-19(20(17)13-16)14-21-23-25-15-22(18-5-2-3-6-18)26(23)12-11-24-21/h2,4-13,15H,3,14H2,1H3. The van der Waals surface area contributed by atoms with Crippen LogP contribution in [0.2, 0.25) is 0 Å². The number of allylic oxidation sites excluding steroid dienone is 4. The summed E-state index contributed by atoms with van der Waals surface area (Å²) in [5, 5.41) is 2.56. The molecule has 1 aliphatic rings. The quantitative estimate of drug-likeness (QED) is 0.519. The third-order valence-corrected chi connectivity index (χ3v) is 5.05. The Labute approximate surface area is 152 Å². The van der Waals surface area contributed by atoms with Gasteiger partial charge in [-0.05, 0) is 35.3 Å². The smallest absolute Gasteiger partial charge is 0.159 e. The molecule has 1 aliphatic carbocycles. The molecule has 0 saturated carbocycles. The summed E-state index contributed by atoms with van der Waals surface area (Å²) in [7, 11) is 0. The fourth-order valence-electron chi connectivity index (χ4n) is 3.75. The number of hydrogen-bond donors (Lipinski definition) is 0. The van der Waals surface area contributed by atoms with Gasteiger partial charge in [-0.2, -0.15) is 0 Å². The molecule has 2 aromatic heterocycles. The summed E-state index contributed by atoms with van der Waals surface area (Å²) in [5.41, 5.74) is 6.88. The molecule has 0 radical (unpaired) electrons. The van der Waals surface area contributed by atoms with Gasteiger partial charge in [0.15, 0.2) is 5.65 Å². The summed E-state index contributed by atoms with van der Waals surface area (Å²) in [5.74, 6) is 0. The van der Waals surface area contributed by atoms with E-state index in [0.717, 1.165) is 29.9 Å². The lowest BCUT2D eigenvalue weighted by Crippen LogP contribution is -2.00. The number of rotatable bonds is 3. The van der Waals surface area contributed by atoms with Gasteiger partial charge in [-0.15, -0.1) is 0 Å². The highest BCUT2D eigenvalue weighted by atomic mass is 15.0. The van der Waals surface area contributed by atoms with Crippen LogP contribution in [0.1, 0.15) is 28.9 Å². The third-order valence-electron chi connectivity index (χ3n) is 5.05. The Hall–Kier alpha value is -3.20. The fraction of sp³-hybridized carbons (Fsp3) is 0.130. The molecule has 0 unspecified atom stereocenters. The van der Waals surface area contributed by atoms with E-state index in [1.54, 1.807) is 0 Å². The van der Waals surface area contributed by atoms with Crippen LogP contribution in [0.3, 0.4) is 0 Å². The predicted octanol–water partition coefficient (Wildman–Crippen LogP) is 5.13. The maximum atomic E-state index is 4.68. The van der Waals surface area contributed by atoms with Crippen LogP contribution in [-0.2, 0) is 6.42 Å². The topological polar surface area (TPSA) is 30.2 Å². The van der Waals surface area contributed by atoms with Gasteiger partial charge in [0.25, 0.3) is 0 Å². The van der Waals surface area contributed by atoms with E-state index < -0.39 is 0 Å². The van der Waals surface area contributed by atoms with Crippen LogP contribution in [0.15, 0.2) is 73.2 Å². The van der Waals surface area contributed by atoms with E-state index in [1.807, 2.05) is 18.6 Å². The van der Waals surface area contributed by atoms with E-state index in [9.17, 15) is 0 Å². The van der Waals surface area contributed by atoms with Crippen molar-refractivity contribution in [3.8, 4) is 0 Å². The van der Waals surface area contributed by atoms with Crippen molar-refractivity contribution in [3.63, 3.8) is 0 Å². The van der Waals surface area contributed by atoms with Gasteiger partial charge in [0, 0.05) is 18.8 Å². The van der Waals surface area contributed by atoms with E-state index in [0.29, 0.717) is 0 Å². The lowest BCUT2D eigenvalue weighted by Gasteiger charge is -2.09. The lowest BCUT2D eigenvalue weighted by atomic mass is 9.99. The summed E-state index contributed by atoms with van der Waals surface area (Å²) in [6.45, 7) is 2.14. The fourth-order valence-corrected chi connectivity index (χ4v) is 3.75. The maximum absolute atomic E-state index is 4.68. The lowest BCUT2D eigenvalue weighted by molar-refractivity contribution is 1.02. The van der Waals surface area contributed by atoms with Crippen LogP contribution in [-0.4, -0.2) is 14.4 Å². The molecule has 26 heavy (non-hydrogen) atoms. The Bertz CT molecular complexity index is 1190. The Kier molecular flexibility index (Phi) is 3.45. The van der Waals surface area contributed by atoms with Crippen LogP contribution in [0.25, 0.3) is 22.0 Å². The van der Waals surface area contributed by atoms with Crippen LogP contribution in [0, 0.1) is 6.92 Å². The second-order valence-electron chi connectivity index (χ2n) is 6.83. The molecule has 0 aliphatic heterocycles.